The maximum atomic E-state index is 5.70. The Labute approximate surface area is 106 Å². The van der Waals surface area contributed by atoms with Gasteiger partial charge in [0, 0.05) is 18.3 Å². The molecule has 2 N–H and O–H groups in total. The third-order valence-electron chi connectivity index (χ3n) is 2.51. The fraction of sp³-hybridized carbons (Fsp3) is 0.500. The molecule has 1 rings (SSSR count). The van der Waals surface area contributed by atoms with Crippen LogP contribution >= 0.6 is 15.9 Å². The number of nitrogens with two attached hydrogens (primary N) is 1. The molecule has 1 aromatic rings. The molecule has 0 amide bonds. The molecule has 0 aliphatic heterocycles. The van der Waals surface area contributed by atoms with Gasteiger partial charge in [0.2, 0.25) is 0 Å². The Morgan fingerprint density at radius 1 is 1.31 bits per heavy atom. The molecule has 0 atom stereocenters. The van der Waals surface area contributed by atoms with Crippen LogP contribution in [0.3, 0.4) is 0 Å². The molecule has 1 aromatic carbocycles. The van der Waals surface area contributed by atoms with E-state index in [0.29, 0.717) is 6.61 Å². The van der Waals surface area contributed by atoms with Crippen molar-refractivity contribution in [1.29, 1.82) is 0 Å². The van der Waals surface area contributed by atoms with E-state index in [1.807, 2.05) is 18.2 Å². The number of rotatable bonds is 6. The third-order valence-corrected chi connectivity index (χ3v) is 3.17. The monoisotopic (exact) mass is 286 g/mol. The predicted octanol–water partition coefficient (Wildman–Crippen LogP) is 2.75. The van der Waals surface area contributed by atoms with Crippen LogP contribution in [0.4, 0.5) is 5.69 Å². The highest BCUT2D eigenvalue weighted by Gasteiger charge is 2.03. The summed E-state index contributed by atoms with van der Waals surface area (Å²) in [5, 5.41) is 0. The lowest BCUT2D eigenvalue weighted by Crippen LogP contribution is -2.27. The van der Waals surface area contributed by atoms with E-state index in [2.05, 4.69) is 34.7 Å². The number of ether oxygens (including phenoxy) is 1. The number of anilines is 1. The Morgan fingerprint density at radius 2 is 2.00 bits per heavy atom. The van der Waals surface area contributed by atoms with Gasteiger partial charge in [0.25, 0.3) is 0 Å². The molecule has 0 aliphatic rings. The van der Waals surface area contributed by atoms with Gasteiger partial charge in [-0.3, -0.25) is 0 Å². The van der Waals surface area contributed by atoms with Crippen LogP contribution in [-0.2, 0) is 0 Å². The van der Waals surface area contributed by atoms with Gasteiger partial charge < -0.3 is 15.4 Å². The summed E-state index contributed by atoms with van der Waals surface area (Å²) in [4.78, 5) is 2.32. The summed E-state index contributed by atoms with van der Waals surface area (Å²) in [6.07, 6.45) is 0. The number of hydrogen-bond donors (Lipinski definition) is 1. The van der Waals surface area contributed by atoms with Crippen LogP contribution in [0.2, 0.25) is 0 Å². The number of halogens is 1. The van der Waals surface area contributed by atoms with Gasteiger partial charge in [0.05, 0.1) is 4.47 Å². The van der Waals surface area contributed by atoms with E-state index in [1.165, 1.54) is 0 Å². The van der Waals surface area contributed by atoms with Crippen molar-refractivity contribution in [1.82, 2.24) is 4.90 Å². The van der Waals surface area contributed by atoms with Gasteiger partial charge >= 0.3 is 0 Å². The second-order valence-electron chi connectivity index (χ2n) is 3.57. The molecule has 3 nitrogen and oxygen atoms in total. The zero-order valence-electron chi connectivity index (χ0n) is 9.87. The summed E-state index contributed by atoms with van der Waals surface area (Å²) < 4.78 is 6.63. The second-order valence-corrected chi connectivity index (χ2v) is 4.42. The predicted molar refractivity (Wildman–Crippen MR) is 71.8 cm³/mol. The molecule has 0 saturated heterocycles. The Hall–Kier alpha value is -0.740. The molecule has 0 aromatic heterocycles. The molecule has 0 saturated carbocycles. The lowest BCUT2D eigenvalue weighted by molar-refractivity contribution is 0.222. The maximum Gasteiger partial charge on any atom is 0.135 e. The first-order chi connectivity index (χ1) is 7.67. The van der Waals surface area contributed by atoms with E-state index in [-0.39, 0.29) is 0 Å². The summed E-state index contributed by atoms with van der Waals surface area (Å²) in [7, 11) is 0. The Morgan fingerprint density at radius 3 is 2.62 bits per heavy atom. The molecule has 0 spiro atoms. The first-order valence-corrected chi connectivity index (χ1v) is 6.36. The molecular formula is C12H19BrN2O. The summed E-state index contributed by atoms with van der Waals surface area (Å²) in [5.74, 6) is 0.812. The Kier molecular flexibility index (Phi) is 5.63. The summed E-state index contributed by atoms with van der Waals surface area (Å²) >= 11 is 3.44. The lowest BCUT2D eigenvalue weighted by atomic mass is 10.3. The Bertz CT molecular complexity index is 327. The van der Waals surface area contributed by atoms with E-state index in [0.717, 1.165) is 35.5 Å². The molecule has 16 heavy (non-hydrogen) atoms. The van der Waals surface area contributed by atoms with Gasteiger partial charge in [-0.15, -0.1) is 0 Å². The molecule has 4 heteroatoms. The highest BCUT2D eigenvalue weighted by molar-refractivity contribution is 9.10. The van der Waals surface area contributed by atoms with E-state index in [4.69, 9.17) is 10.5 Å². The van der Waals surface area contributed by atoms with E-state index in [1.54, 1.807) is 0 Å². The molecule has 0 fully saturated rings. The molecule has 0 heterocycles. The van der Waals surface area contributed by atoms with E-state index >= 15 is 0 Å². The van der Waals surface area contributed by atoms with E-state index < -0.39 is 0 Å². The highest BCUT2D eigenvalue weighted by Crippen LogP contribution is 2.26. The number of likely N-dealkylation sites (N-methyl/N-ethyl adjacent to an activating group) is 1. The zero-order valence-corrected chi connectivity index (χ0v) is 11.5. The molecule has 0 aliphatic carbocycles. The minimum Gasteiger partial charge on any atom is -0.491 e. The lowest BCUT2D eigenvalue weighted by Gasteiger charge is -2.18. The first kappa shape index (κ1) is 13.3. The largest absolute Gasteiger partial charge is 0.491 e. The van der Waals surface area contributed by atoms with Gasteiger partial charge in [-0.25, -0.2) is 0 Å². The van der Waals surface area contributed by atoms with E-state index in [9.17, 15) is 0 Å². The van der Waals surface area contributed by atoms with Crippen molar-refractivity contribution >= 4 is 21.6 Å². The average molecular weight is 287 g/mol. The van der Waals surface area contributed by atoms with Gasteiger partial charge in [-0.2, -0.15) is 0 Å². The van der Waals surface area contributed by atoms with Gasteiger partial charge in [-0.05, 0) is 41.2 Å². The van der Waals surface area contributed by atoms with Crippen LogP contribution in [0.5, 0.6) is 5.75 Å². The van der Waals surface area contributed by atoms with Crippen molar-refractivity contribution in [2.75, 3.05) is 32.0 Å². The van der Waals surface area contributed by atoms with Crippen LogP contribution in [0.15, 0.2) is 22.7 Å². The smallest absolute Gasteiger partial charge is 0.135 e. The molecular weight excluding hydrogens is 268 g/mol. The van der Waals surface area contributed by atoms with Crippen molar-refractivity contribution in [2.45, 2.75) is 13.8 Å². The maximum absolute atomic E-state index is 5.70. The van der Waals surface area contributed by atoms with Crippen molar-refractivity contribution < 1.29 is 4.74 Å². The van der Waals surface area contributed by atoms with Gasteiger partial charge in [0.1, 0.15) is 12.4 Å². The standard InChI is InChI=1S/C12H19BrN2O/c1-3-15(4-2)7-8-16-12-9-10(14)5-6-11(12)13/h5-6,9H,3-4,7-8,14H2,1-2H3. The van der Waals surface area contributed by atoms with Crippen molar-refractivity contribution in [2.24, 2.45) is 0 Å². The minimum atomic E-state index is 0.684. The topological polar surface area (TPSA) is 38.5 Å². The van der Waals surface area contributed by atoms with Crippen LogP contribution in [0, 0.1) is 0 Å². The molecule has 90 valence electrons. The fourth-order valence-corrected chi connectivity index (χ4v) is 1.82. The molecule has 0 unspecified atom stereocenters. The van der Waals surface area contributed by atoms with Crippen molar-refractivity contribution in [3.05, 3.63) is 22.7 Å². The molecule has 0 radical (unpaired) electrons. The van der Waals surface area contributed by atoms with Crippen LogP contribution in [0.25, 0.3) is 0 Å². The third kappa shape index (κ3) is 4.02. The number of benzene rings is 1. The fourth-order valence-electron chi connectivity index (χ4n) is 1.46. The summed E-state index contributed by atoms with van der Waals surface area (Å²) in [6.45, 7) is 8.04. The van der Waals surface area contributed by atoms with Gasteiger partial charge in [0.15, 0.2) is 0 Å². The number of hydrogen-bond acceptors (Lipinski definition) is 3. The van der Waals surface area contributed by atoms with Crippen LogP contribution in [-0.4, -0.2) is 31.1 Å². The molecule has 0 bridgehead atoms. The second kappa shape index (κ2) is 6.76. The number of nitrogens with zero attached hydrogens (tertiary/aromatic N) is 1. The summed E-state index contributed by atoms with van der Waals surface area (Å²) in [5.41, 5.74) is 6.42. The normalized spacial score (nSPS) is 10.8. The first-order valence-electron chi connectivity index (χ1n) is 5.57. The number of nitrogen functional groups attached to an aromatic ring is 1. The quantitative estimate of drug-likeness (QED) is 0.818. The van der Waals surface area contributed by atoms with Crippen molar-refractivity contribution in [3.8, 4) is 5.75 Å². The van der Waals surface area contributed by atoms with Gasteiger partial charge in [-0.1, -0.05) is 13.8 Å². The van der Waals surface area contributed by atoms with Crippen molar-refractivity contribution in [3.63, 3.8) is 0 Å². The SMILES string of the molecule is CCN(CC)CCOc1cc(N)ccc1Br. The average Bonchev–Trinajstić information content (AvgIpc) is 2.29. The zero-order chi connectivity index (χ0) is 12.0. The highest BCUT2D eigenvalue weighted by atomic mass is 79.9. The van der Waals surface area contributed by atoms with Crippen LogP contribution in [0.1, 0.15) is 13.8 Å². The van der Waals surface area contributed by atoms with Crippen LogP contribution < -0.4 is 10.5 Å². The minimum absolute atomic E-state index is 0.684. The Balaban J connectivity index is 2.45. The summed E-state index contributed by atoms with van der Waals surface area (Å²) in [6, 6.07) is 5.59.